The molecule has 3 amide bonds. The molecule has 0 bridgehead atoms. The number of amidine groups is 1. The lowest BCUT2D eigenvalue weighted by Gasteiger charge is -2.24. The topological polar surface area (TPSA) is 150 Å². The smallest absolute Gasteiger partial charge is 0.326 e. The number of carbonyl (C=O) groups is 2. The van der Waals surface area contributed by atoms with Gasteiger partial charge in [0.25, 0.3) is 5.91 Å². The molecule has 3 aliphatic rings. The number of carbonyl (C=O) groups excluding carboxylic acids is 2. The quantitative estimate of drug-likeness (QED) is 0.427. The Labute approximate surface area is 112 Å². The van der Waals surface area contributed by atoms with Gasteiger partial charge < -0.3 is 26.0 Å². The van der Waals surface area contributed by atoms with E-state index < -0.39 is 36.4 Å². The second kappa shape index (κ2) is 4.51. The first-order chi connectivity index (χ1) is 9.51. The standard InChI is InChI=1S/C10H13N5O5/c11-9-13-7-6(8(18)14-9)12-10(19)15(7)5-1-3(17)4(2-16)20-5/h3-6,16-17H,1-2H2,(H,12,19)(H2,11,14,18)/t3-,4+,5+,6?/m0/s1. The summed E-state index contributed by atoms with van der Waals surface area (Å²) in [6, 6.07) is -1.56. The molecule has 0 aromatic rings. The van der Waals surface area contributed by atoms with Crippen LogP contribution in [0.4, 0.5) is 4.79 Å². The zero-order chi connectivity index (χ0) is 14.4. The van der Waals surface area contributed by atoms with Gasteiger partial charge in [0.2, 0.25) is 5.96 Å². The first-order valence-corrected chi connectivity index (χ1v) is 6.02. The number of urea groups is 1. The number of fused-ring (bicyclic) bond motifs is 1. The molecule has 20 heavy (non-hydrogen) atoms. The highest BCUT2D eigenvalue weighted by atomic mass is 16.5. The van der Waals surface area contributed by atoms with Crippen molar-refractivity contribution in [2.75, 3.05) is 6.61 Å². The molecule has 5 N–H and O–H groups in total. The van der Waals surface area contributed by atoms with Gasteiger partial charge in [-0.2, -0.15) is 9.98 Å². The van der Waals surface area contributed by atoms with Gasteiger partial charge >= 0.3 is 6.03 Å². The lowest BCUT2D eigenvalue weighted by molar-refractivity contribution is -0.118. The number of amides is 3. The lowest BCUT2D eigenvalue weighted by Crippen LogP contribution is -2.45. The zero-order valence-corrected chi connectivity index (χ0v) is 10.3. The van der Waals surface area contributed by atoms with Crippen molar-refractivity contribution in [1.29, 1.82) is 0 Å². The summed E-state index contributed by atoms with van der Waals surface area (Å²) >= 11 is 0. The molecule has 0 radical (unpaired) electrons. The highest BCUT2D eigenvalue weighted by molar-refractivity contribution is 6.24. The van der Waals surface area contributed by atoms with Gasteiger partial charge in [-0.25, -0.2) is 4.79 Å². The van der Waals surface area contributed by atoms with E-state index in [-0.39, 0.29) is 24.8 Å². The van der Waals surface area contributed by atoms with Crippen molar-refractivity contribution in [1.82, 2.24) is 10.2 Å². The molecular formula is C10H13N5O5. The first kappa shape index (κ1) is 13.0. The monoisotopic (exact) mass is 283 g/mol. The maximum atomic E-state index is 11.9. The fourth-order valence-corrected chi connectivity index (χ4v) is 2.43. The van der Waals surface area contributed by atoms with Crippen molar-refractivity contribution in [2.24, 2.45) is 15.7 Å². The third-order valence-corrected chi connectivity index (χ3v) is 3.36. The van der Waals surface area contributed by atoms with Gasteiger partial charge in [-0.1, -0.05) is 0 Å². The lowest BCUT2D eigenvalue weighted by atomic mass is 10.2. The van der Waals surface area contributed by atoms with E-state index in [1.54, 1.807) is 0 Å². The molecule has 1 unspecified atom stereocenters. The molecule has 0 spiro atoms. The maximum Gasteiger partial charge on any atom is 0.326 e. The third-order valence-electron chi connectivity index (χ3n) is 3.36. The van der Waals surface area contributed by atoms with Gasteiger partial charge in [0.15, 0.2) is 11.9 Å². The summed E-state index contributed by atoms with van der Waals surface area (Å²) in [7, 11) is 0. The Morgan fingerprint density at radius 3 is 2.85 bits per heavy atom. The Hall–Kier alpha value is -2.04. The van der Waals surface area contributed by atoms with Crippen LogP contribution in [0, 0.1) is 0 Å². The van der Waals surface area contributed by atoms with E-state index in [4.69, 9.17) is 15.6 Å². The van der Waals surface area contributed by atoms with Crippen LogP contribution in [0.5, 0.6) is 0 Å². The summed E-state index contributed by atoms with van der Waals surface area (Å²) in [5, 5.41) is 21.2. The molecule has 3 aliphatic heterocycles. The third kappa shape index (κ3) is 1.85. The number of hydrogen-bond donors (Lipinski definition) is 4. The van der Waals surface area contributed by atoms with Crippen LogP contribution in [0.15, 0.2) is 9.98 Å². The van der Waals surface area contributed by atoms with Crippen LogP contribution in [-0.2, 0) is 9.53 Å². The van der Waals surface area contributed by atoms with E-state index in [9.17, 15) is 14.7 Å². The van der Waals surface area contributed by atoms with Gasteiger partial charge in [0.1, 0.15) is 12.3 Å². The predicted molar refractivity (Wildman–Crippen MR) is 64.6 cm³/mol. The van der Waals surface area contributed by atoms with Crippen molar-refractivity contribution in [3.63, 3.8) is 0 Å². The highest BCUT2D eigenvalue weighted by Crippen LogP contribution is 2.27. The van der Waals surface area contributed by atoms with Crippen molar-refractivity contribution in [2.45, 2.75) is 30.9 Å². The van der Waals surface area contributed by atoms with Gasteiger partial charge in [0, 0.05) is 6.42 Å². The summed E-state index contributed by atoms with van der Waals surface area (Å²) in [5.74, 6) is -0.746. The fourth-order valence-electron chi connectivity index (χ4n) is 2.43. The Balaban J connectivity index is 1.88. The molecule has 0 aromatic heterocycles. The Morgan fingerprint density at radius 1 is 1.45 bits per heavy atom. The number of aliphatic hydroxyl groups excluding tert-OH is 2. The summed E-state index contributed by atoms with van der Waals surface area (Å²) in [6.45, 7) is -0.369. The van der Waals surface area contributed by atoms with Crippen LogP contribution in [0.3, 0.4) is 0 Å². The number of hydrogen-bond acceptors (Lipinski definition) is 7. The van der Waals surface area contributed by atoms with Crippen LogP contribution in [0.25, 0.3) is 0 Å². The Kier molecular flexibility index (Phi) is 2.92. The fraction of sp³-hybridized carbons (Fsp3) is 0.600. The largest absolute Gasteiger partial charge is 0.394 e. The molecule has 4 atom stereocenters. The molecule has 0 saturated carbocycles. The van der Waals surface area contributed by atoms with Crippen LogP contribution in [-0.4, -0.2) is 69.9 Å². The summed E-state index contributed by atoms with van der Waals surface area (Å²) < 4.78 is 5.39. The van der Waals surface area contributed by atoms with E-state index in [2.05, 4.69) is 15.3 Å². The van der Waals surface area contributed by atoms with E-state index in [1.165, 1.54) is 0 Å². The second-order valence-electron chi connectivity index (χ2n) is 4.65. The number of rotatable bonds is 2. The molecule has 108 valence electrons. The van der Waals surface area contributed by atoms with E-state index >= 15 is 0 Å². The van der Waals surface area contributed by atoms with Crippen LogP contribution in [0.2, 0.25) is 0 Å². The second-order valence-corrected chi connectivity index (χ2v) is 4.65. The number of aliphatic hydroxyl groups is 2. The molecule has 10 nitrogen and oxygen atoms in total. The van der Waals surface area contributed by atoms with Gasteiger partial charge in [-0.3, -0.25) is 9.69 Å². The van der Waals surface area contributed by atoms with Crippen molar-refractivity contribution >= 4 is 23.7 Å². The molecular weight excluding hydrogens is 270 g/mol. The number of guanidine groups is 1. The van der Waals surface area contributed by atoms with E-state index in [0.717, 1.165) is 4.90 Å². The average molecular weight is 283 g/mol. The predicted octanol–water partition coefficient (Wildman–Crippen LogP) is -2.90. The highest BCUT2D eigenvalue weighted by Gasteiger charge is 2.49. The number of nitrogens with one attached hydrogen (secondary N) is 1. The molecule has 3 heterocycles. The zero-order valence-electron chi connectivity index (χ0n) is 10.3. The molecule has 0 aliphatic carbocycles. The minimum absolute atomic E-state index is 0.100. The molecule has 2 saturated heterocycles. The average Bonchev–Trinajstić information content (AvgIpc) is 2.89. The summed E-state index contributed by atoms with van der Waals surface area (Å²) in [4.78, 5) is 32.1. The Bertz CT molecular complexity index is 532. The number of nitrogens with two attached hydrogens (primary N) is 1. The van der Waals surface area contributed by atoms with Crippen molar-refractivity contribution in [3.8, 4) is 0 Å². The number of aliphatic imine (C=N–C) groups is 2. The minimum Gasteiger partial charge on any atom is -0.394 e. The molecule has 0 aromatic carbocycles. The number of nitrogens with zero attached hydrogens (tertiary/aromatic N) is 3. The van der Waals surface area contributed by atoms with Crippen molar-refractivity contribution in [3.05, 3.63) is 0 Å². The van der Waals surface area contributed by atoms with Gasteiger partial charge in [-0.15, -0.1) is 0 Å². The van der Waals surface area contributed by atoms with E-state index in [1.807, 2.05) is 0 Å². The first-order valence-electron chi connectivity index (χ1n) is 6.02. The van der Waals surface area contributed by atoms with E-state index in [0.29, 0.717) is 0 Å². The Morgan fingerprint density at radius 2 is 2.20 bits per heavy atom. The van der Waals surface area contributed by atoms with Crippen molar-refractivity contribution < 1.29 is 24.5 Å². The number of ether oxygens (including phenoxy) is 1. The molecule has 2 fully saturated rings. The summed E-state index contributed by atoms with van der Waals surface area (Å²) in [5.41, 5.74) is 5.41. The normalized spacial score (nSPS) is 36.6. The minimum atomic E-state index is -0.983. The molecule has 10 heteroatoms. The maximum absolute atomic E-state index is 11.9. The van der Waals surface area contributed by atoms with Crippen LogP contribution < -0.4 is 11.1 Å². The SMILES string of the molecule is NC1=NC(=O)C2NC(=O)N([C@H]3C[C@H](O)[C@@H](CO)O3)C2=N1. The van der Waals surface area contributed by atoms with Crippen LogP contribution in [0.1, 0.15) is 6.42 Å². The van der Waals surface area contributed by atoms with Crippen LogP contribution >= 0.6 is 0 Å². The summed E-state index contributed by atoms with van der Waals surface area (Å²) in [6.07, 6.45) is -2.39. The molecule has 3 rings (SSSR count). The van der Waals surface area contributed by atoms with Gasteiger partial charge in [0.05, 0.1) is 12.7 Å². The van der Waals surface area contributed by atoms with Gasteiger partial charge in [-0.05, 0) is 0 Å².